The highest BCUT2D eigenvalue weighted by molar-refractivity contribution is 5.95. The summed E-state index contributed by atoms with van der Waals surface area (Å²) in [6.45, 7) is 3.30. The first kappa shape index (κ1) is 24.0. The molecule has 2 unspecified atom stereocenters. The minimum atomic E-state index is -0.464. The molecule has 4 atom stereocenters. The molecule has 2 bridgehead atoms. The molecule has 37 heavy (non-hydrogen) atoms. The van der Waals surface area contributed by atoms with Gasteiger partial charge in [0, 0.05) is 46.6 Å². The summed E-state index contributed by atoms with van der Waals surface area (Å²) in [5.41, 5.74) is 4.80. The van der Waals surface area contributed by atoms with E-state index in [2.05, 4.69) is 60.0 Å². The number of carbonyl (C=O) groups excluding carboxylic acids is 1. The number of piperidine rings is 1. The number of fused-ring (bicyclic) bond motifs is 6. The number of aromatic nitrogens is 1. The minimum Gasteiger partial charge on any atom is -0.396 e. The van der Waals surface area contributed by atoms with Crippen LogP contribution in [-0.2, 0) is 6.54 Å². The first-order valence-electron chi connectivity index (χ1n) is 13.3. The summed E-state index contributed by atoms with van der Waals surface area (Å²) in [6.07, 6.45) is 1.48. The molecule has 0 radical (unpaired) electrons. The third-order valence-electron chi connectivity index (χ3n) is 9.03. The van der Waals surface area contributed by atoms with E-state index >= 15 is 0 Å². The van der Waals surface area contributed by atoms with Gasteiger partial charge in [-0.25, -0.2) is 0 Å². The van der Waals surface area contributed by atoms with E-state index in [9.17, 15) is 15.0 Å². The lowest BCUT2D eigenvalue weighted by atomic mass is 9.58. The minimum absolute atomic E-state index is 0.000223. The Bertz CT molecular complexity index is 1410. The predicted octanol–water partition coefficient (Wildman–Crippen LogP) is 5.37. The Morgan fingerprint density at radius 1 is 0.946 bits per heavy atom. The van der Waals surface area contributed by atoms with Crippen LogP contribution < -0.4 is 0 Å². The molecule has 0 spiro atoms. The lowest BCUT2D eigenvalue weighted by molar-refractivity contribution is -0.0636. The van der Waals surface area contributed by atoms with Crippen LogP contribution in [0.15, 0.2) is 84.9 Å². The largest absolute Gasteiger partial charge is 0.396 e. The first-order chi connectivity index (χ1) is 18.1. The van der Waals surface area contributed by atoms with Crippen LogP contribution >= 0.6 is 0 Å². The van der Waals surface area contributed by atoms with Gasteiger partial charge < -0.3 is 19.7 Å². The number of aliphatic hydroxyl groups excluding tert-OH is 2. The molecule has 1 amide bonds. The Balaban J connectivity index is 1.60. The fourth-order valence-corrected chi connectivity index (χ4v) is 7.10. The molecule has 1 fully saturated rings. The van der Waals surface area contributed by atoms with Crippen LogP contribution in [0.3, 0.4) is 0 Å². The second-order valence-corrected chi connectivity index (χ2v) is 10.7. The number of para-hydroxylation sites is 1. The molecule has 1 aliphatic heterocycles. The van der Waals surface area contributed by atoms with Gasteiger partial charge >= 0.3 is 0 Å². The Hall–Kier alpha value is -3.41. The number of aliphatic hydroxyl groups is 2. The molecule has 3 aromatic carbocycles. The standard InChI is InChI=1S/C32H34N2O3/c1-2-32(21-36)20-34(31(37)23-13-7-4-8-14-23)28-17-26(32)25(19-35)29-24-15-9-10-16-27(24)33(30(28)29)18-22-11-5-3-6-12-22/h3-16,25-26,28,35-36H,2,17-21H2,1H3/t25-,26?,28+,32?/m1/s1. The van der Waals surface area contributed by atoms with Gasteiger partial charge in [-0.15, -0.1) is 0 Å². The average Bonchev–Trinajstić information content (AvgIpc) is 3.28. The fraction of sp³-hybridized carbons (Fsp3) is 0.344. The number of hydrogen-bond acceptors (Lipinski definition) is 3. The van der Waals surface area contributed by atoms with Gasteiger partial charge in [0.1, 0.15) is 0 Å². The molecule has 4 aromatic rings. The monoisotopic (exact) mass is 494 g/mol. The highest BCUT2D eigenvalue weighted by Gasteiger charge is 2.55. The lowest BCUT2D eigenvalue weighted by Crippen LogP contribution is -2.57. The van der Waals surface area contributed by atoms with Crippen molar-refractivity contribution in [3.05, 3.63) is 107 Å². The van der Waals surface area contributed by atoms with Crippen molar-refractivity contribution in [3.63, 3.8) is 0 Å². The smallest absolute Gasteiger partial charge is 0.254 e. The van der Waals surface area contributed by atoms with E-state index in [1.54, 1.807) is 0 Å². The second kappa shape index (κ2) is 9.47. The van der Waals surface area contributed by atoms with Crippen molar-refractivity contribution < 1.29 is 15.0 Å². The Morgan fingerprint density at radius 2 is 1.62 bits per heavy atom. The highest BCUT2D eigenvalue weighted by atomic mass is 16.3. The van der Waals surface area contributed by atoms with Crippen LogP contribution in [0.5, 0.6) is 0 Å². The molecule has 2 aliphatic rings. The molecule has 5 heteroatoms. The normalized spacial score (nSPS) is 24.7. The lowest BCUT2D eigenvalue weighted by Gasteiger charge is -2.56. The molecular formula is C32H34N2O3. The molecule has 6 rings (SSSR count). The molecule has 5 nitrogen and oxygen atoms in total. The zero-order valence-corrected chi connectivity index (χ0v) is 21.3. The number of likely N-dealkylation sites (tertiary alicyclic amines) is 1. The summed E-state index contributed by atoms with van der Waals surface area (Å²) >= 11 is 0. The number of nitrogens with zero attached hydrogens (tertiary/aromatic N) is 2. The molecular weight excluding hydrogens is 460 g/mol. The number of hydrogen-bond donors (Lipinski definition) is 2. The maximum absolute atomic E-state index is 14.1. The highest BCUT2D eigenvalue weighted by Crippen LogP contribution is 2.58. The van der Waals surface area contributed by atoms with E-state index in [1.165, 1.54) is 5.56 Å². The first-order valence-corrected chi connectivity index (χ1v) is 13.3. The summed E-state index contributed by atoms with van der Waals surface area (Å²) in [5, 5.41) is 22.7. The third-order valence-corrected chi connectivity index (χ3v) is 9.03. The fourth-order valence-electron chi connectivity index (χ4n) is 7.10. The molecule has 0 saturated carbocycles. The number of benzene rings is 3. The van der Waals surface area contributed by atoms with Gasteiger partial charge in [-0.1, -0.05) is 73.7 Å². The van der Waals surface area contributed by atoms with Gasteiger partial charge in [0.2, 0.25) is 0 Å². The van der Waals surface area contributed by atoms with E-state index < -0.39 is 5.41 Å². The van der Waals surface area contributed by atoms with Gasteiger partial charge in [-0.2, -0.15) is 0 Å². The van der Waals surface area contributed by atoms with Crippen LogP contribution in [0, 0.1) is 11.3 Å². The summed E-state index contributed by atoms with van der Waals surface area (Å²) in [6, 6.07) is 28.2. The number of amides is 1. The van der Waals surface area contributed by atoms with E-state index in [0.29, 0.717) is 18.7 Å². The van der Waals surface area contributed by atoms with Crippen LogP contribution in [0.4, 0.5) is 0 Å². The van der Waals surface area contributed by atoms with Crippen LogP contribution in [0.25, 0.3) is 10.9 Å². The van der Waals surface area contributed by atoms with Crippen molar-refractivity contribution >= 4 is 16.8 Å². The van der Waals surface area contributed by atoms with Crippen LogP contribution in [0.1, 0.15) is 58.9 Å². The Morgan fingerprint density at radius 3 is 2.30 bits per heavy atom. The summed E-state index contributed by atoms with van der Waals surface area (Å²) in [7, 11) is 0. The maximum Gasteiger partial charge on any atom is 0.254 e. The van der Waals surface area contributed by atoms with Crippen molar-refractivity contribution in [2.24, 2.45) is 11.3 Å². The Kier molecular flexibility index (Phi) is 6.13. The molecule has 1 saturated heterocycles. The van der Waals surface area contributed by atoms with Crippen molar-refractivity contribution in [2.75, 3.05) is 19.8 Å². The quantitative estimate of drug-likeness (QED) is 0.379. The number of carbonyl (C=O) groups is 1. The van der Waals surface area contributed by atoms with Gasteiger partial charge in [0.05, 0.1) is 19.3 Å². The molecule has 1 aromatic heterocycles. The third kappa shape index (κ3) is 3.72. The average molecular weight is 495 g/mol. The molecule has 190 valence electrons. The van der Waals surface area contributed by atoms with Crippen molar-refractivity contribution in [3.8, 4) is 0 Å². The van der Waals surface area contributed by atoms with Gasteiger partial charge in [0.15, 0.2) is 0 Å². The van der Waals surface area contributed by atoms with Gasteiger partial charge in [0.25, 0.3) is 5.91 Å². The van der Waals surface area contributed by atoms with E-state index in [4.69, 9.17) is 0 Å². The van der Waals surface area contributed by atoms with E-state index in [1.807, 2.05) is 41.3 Å². The Labute approximate surface area is 218 Å². The summed E-state index contributed by atoms with van der Waals surface area (Å²) in [4.78, 5) is 16.1. The van der Waals surface area contributed by atoms with E-state index in [0.717, 1.165) is 35.0 Å². The van der Waals surface area contributed by atoms with Gasteiger partial charge in [-0.05, 0) is 48.1 Å². The summed E-state index contributed by atoms with van der Waals surface area (Å²) in [5.74, 6) is -0.00436. The molecule has 2 N–H and O–H groups in total. The topological polar surface area (TPSA) is 65.7 Å². The van der Waals surface area contributed by atoms with Crippen LogP contribution in [0.2, 0.25) is 0 Å². The van der Waals surface area contributed by atoms with Gasteiger partial charge in [-0.3, -0.25) is 4.79 Å². The SMILES string of the molecule is CCC1(CO)CN(C(=O)c2ccccc2)[C@H]2CC1[C@@H](CO)c1c2n(Cc2ccccc2)c2ccccc12. The van der Waals surface area contributed by atoms with E-state index in [-0.39, 0.29) is 37.0 Å². The summed E-state index contributed by atoms with van der Waals surface area (Å²) < 4.78 is 2.37. The van der Waals surface area contributed by atoms with Crippen molar-refractivity contribution in [1.29, 1.82) is 0 Å². The molecule has 2 heterocycles. The molecule has 1 aliphatic carbocycles. The predicted molar refractivity (Wildman–Crippen MR) is 145 cm³/mol. The second-order valence-electron chi connectivity index (χ2n) is 10.7. The zero-order valence-electron chi connectivity index (χ0n) is 21.3. The maximum atomic E-state index is 14.1. The van der Waals surface area contributed by atoms with Crippen molar-refractivity contribution in [1.82, 2.24) is 9.47 Å². The number of rotatable bonds is 6. The van der Waals surface area contributed by atoms with Crippen LogP contribution in [-0.4, -0.2) is 45.3 Å². The van der Waals surface area contributed by atoms with Crippen molar-refractivity contribution in [2.45, 2.75) is 38.3 Å². The zero-order chi connectivity index (χ0) is 25.6.